The van der Waals surface area contributed by atoms with Gasteiger partial charge in [0.15, 0.2) is 5.60 Å². The number of carbonyl (C=O) groups excluding carboxylic acids is 9. The fourth-order valence-corrected chi connectivity index (χ4v) is 10.2. The van der Waals surface area contributed by atoms with Crippen LogP contribution in [-0.2, 0) is 79.6 Å². The number of nitrogens with zero attached hydrogens (tertiary/aromatic N) is 3. The molecule has 0 bridgehead atoms. The zero-order valence-electron chi connectivity index (χ0n) is 45.6. The first kappa shape index (κ1) is 57.6. The van der Waals surface area contributed by atoms with Gasteiger partial charge in [-0.05, 0) is 107 Å². The number of anilines is 1. The summed E-state index contributed by atoms with van der Waals surface area (Å²) in [6.07, 6.45) is 0.708. The van der Waals surface area contributed by atoms with Crippen LogP contribution in [0.25, 0.3) is 22.3 Å². The molecule has 80 heavy (non-hydrogen) atoms. The van der Waals surface area contributed by atoms with Crippen molar-refractivity contribution in [2.75, 3.05) is 18.4 Å². The number of pyridine rings is 2. The fourth-order valence-electron chi connectivity index (χ4n) is 10.2. The second-order valence-electron chi connectivity index (χ2n) is 21.5. The van der Waals surface area contributed by atoms with Crippen molar-refractivity contribution in [1.82, 2.24) is 41.0 Å². The number of esters is 1. The standard InChI is InChI=1S/C56H64FN9O14/c1-9-56(77)35-22-40-47-33(24-66(40)51(73)34(35)26-78-52(56)74)45-37(15-14-32-28(4)36(57)23-39(61-47)44(32)45)62-53(75)79-25-30-10-12-31(13-11-30)60-48(70)29(5)59-50(72)46(27(2)3)64-41(67)17-16-38(63-54(76)80-55(6,7)8)49(71)58-20-21-65-42(68)18-19-43(65)69/h10-13,18-19,22-23,27,29,37-38,46,77H,9,14-17,20-21,24-26H2,1-8H3,(H,58,71)(H,59,72)(H,60,70)(H,62,75)(H,63,76)(H,64,67)/t29-,37-,38-,46?,56-/m0/s1. The predicted octanol–water partition coefficient (Wildman–Crippen LogP) is 3.74. The van der Waals surface area contributed by atoms with Gasteiger partial charge in [-0.15, -0.1) is 0 Å². The van der Waals surface area contributed by atoms with E-state index < -0.39 is 106 Å². The third kappa shape index (κ3) is 12.0. The lowest BCUT2D eigenvalue weighted by molar-refractivity contribution is -0.172. The highest BCUT2D eigenvalue weighted by Gasteiger charge is 2.46. The van der Waals surface area contributed by atoms with Gasteiger partial charge in [0.1, 0.15) is 42.8 Å². The van der Waals surface area contributed by atoms with E-state index in [0.717, 1.165) is 22.6 Å². The molecule has 7 N–H and O–H groups in total. The van der Waals surface area contributed by atoms with Gasteiger partial charge in [0.2, 0.25) is 23.6 Å². The van der Waals surface area contributed by atoms with Gasteiger partial charge in [-0.25, -0.2) is 23.8 Å². The number of aliphatic hydroxyl groups is 1. The molecule has 3 aliphatic heterocycles. The highest BCUT2D eigenvalue weighted by atomic mass is 19.1. The van der Waals surface area contributed by atoms with Gasteiger partial charge in [0, 0.05) is 59.9 Å². The Morgan fingerprint density at radius 3 is 2.27 bits per heavy atom. The smallest absolute Gasteiger partial charge is 0.408 e. The van der Waals surface area contributed by atoms with E-state index in [1.54, 1.807) is 78.8 Å². The number of fused-ring (bicyclic) bond motifs is 5. The van der Waals surface area contributed by atoms with Crippen molar-refractivity contribution in [1.29, 1.82) is 0 Å². The van der Waals surface area contributed by atoms with Crippen molar-refractivity contribution < 1.29 is 66.9 Å². The Labute approximate surface area is 458 Å². The fraction of sp³-hybridized carbons (Fsp3) is 0.446. The Morgan fingerprint density at radius 2 is 1.61 bits per heavy atom. The SMILES string of the molecule is CC[C@@]1(O)C(=O)OCc2c1cc1n(c2=O)Cc2c-1nc1cc(F)c(C)c3c1c2[C@@H](NC(=O)OCc1ccc(NC(=O)[C@H](C)NC(=O)C(NC(=O)CC[C@H](NC(=O)OC(C)(C)C)C(=O)NCCN2C(=O)C=CC2=O)C(C)C)cc1)CC3. The molecule has 23 nitrogen and oxygen atoms in total. The van der Waals surface area contributed by atoms with Crippen molar-refractivity contribution >= 4 is 70.2 Å². The van der Waals surface area contributed by atoms with Crippen LogP contribution < -0.4 is 37.5 Å². The maximum atomic E-state index is 15.4. The van der Waals surface area contributed by atoms with E-state index in [0.29, 0.717) is 63.1 Å². The number of carbonyl (C=O) groups is 9. The van der Waals surface area contributed by atoms with Crippen molar-refractivity contribution in [2.45, 2.75) is 143 Å². The van der Waals surface area contributed by atoms with E-state index in [4.69, 9.17) is 19.2 Å². The van der Waals surface area contributed by atoms with Crippen LogP contribution in [-0.4, -0.2) is 110 Å². The summed E-state index contributed by atoms with van der Waals surface area (Å²) >= 11 is 0. The lowest BCUT2D eigenvalue weighted by Crippen LogP contribution is -2.54. The molecule has 0 radical (unpaired) electrons. The molecule has 0 fully saturated rings. The van der Waals surface area contributed by atoms with Crippen LogP contribution in [0.15, 0.2) is 53.3 Å². The number of rotatable bonds is 18. The van der Waals surface area contributed by atoms with Gasteiger partial charge in [-0.1, -0.05) is 32.9 Å². The number of hydrogen-bond acceptors (Lipinski definition) is 15. The van der Waals surface area contributed by atoms with Crippen LogP contribution in [0.1, 0.15) is 119 Å². The second kappa shape index (κ2) is 23.0. The minimum absolute atomic E-state index is 0.0453. The molecule has 4 aliphatic rings. The molecule has 4 aromatic rings. The maximum Gasteiger partial charge on any atom is 0.408 e. The minimum atomic E-state index is -2.05. The average molecular weight is 1110 g/mol. The van der Waals surface area contributed by atoms with Crippen LogP contribution >= 0.6 is 0 Å². The number of cyclic esters (lactones) is 1. The summed E-state index contributed by atoms with van der Waals surface area (Å²) in [5.41, 5.74) is 1.26. The molecule has 0 saturated carbocycles. The molecule has 0 spiro atoms. The van der Waals surface area contributed by atoms with E-state index in [2.05, 4.69) is 31.9 Å². The van der Waals surface area contributed by atoms with Gasteiger partial charge < -0.3 is 55.8 Å². The van der Waals surface area contributed by atoms with Gasteiger partial charge in [-0.3, -0.25) is 38.5 Å². The summed E-state index contributed by atoms with van der Waals surface area (Å²) in [5.74, 6) is -5.45. The predicted molar refractivity (Wildman–Crippen MR) is 284 cm³/mol. The Morgan fingerprint density at radius 1 is 0.912 bits per heavy atom. The molecule has 8 rings (SSSR count). The molecule has 1 unspecified atom stereocenters. The summed E-state index contributed by atoms with van der Waals surface area (Å²) in [4.78, 5) is 136. The van der Waals surface area contributed by atoms with Gasteiger partial charge in [0.25, 0.3) is 17.4 Å². The zero-order chi connectivity index (χ0) is 58.1. The van der Waals surface area contributed by atoms with Crippen LogP contribution in [0, 0.1) is 18.7 Å². The van der Waals surface area contributed by atoms with E-state index in [9.17, 15) is 53.1 Å². The number of amides is 8. The lowest BCUT2D eigenvalue weighted by atomic mass is 9.81. The molecule has 424 valence electrons. The quantitative estimate of drug-likeness (QED) is 0.0374. The summed E-state index contributed by atoms with van der Waals surface area (Å²) in [6, 6.07) is 5.20. The van der Waals surface area contributed by atoms with Crippen LogP contribution in [0.4, 0.5) is 19.7 Å². The average Bonchev–Trinajstić information content (AvgIpc) is 3.94. The molecular weight excluding hydrogens is 1040 g/mol. The minimum Gasteiger partial charge on any atom is -0.458 e. The third-order valence-electron chi connectivity index (χ3n) is 14.5. The lowest BCUT2D eigenvalue weighted by Gasteiger charge is -2.31. The Hall–Kier alpha value is -8.54. The number of alkyl carbamates (subject to hydrolysis) is 2. The molecule has 2 aromatic carbocycles. The number of nitrogens with one attached hydrogen (secondary N) is 6. The normalized spacial score (nSPS) is 18.1. The Kier molecular flexibility index (Phi) is 16.6. The summed E-state index contributed by atoms with van der Waals surface area (Å²) in [6.45, 7) is 12.3. The largest absolute Gasteiger partial charge is 0.458 e. The molecular formula is C56H64FN9O14. The van der Waals surface area contributed by atoms with Gasteiger partial charge in [0.05, 0.1) is 35.1 Å². The molecule has 1 aliphatic carbocycles. The third-order valence-corrected chi connectivity index (χ3v) is 14.5. The number of aromatic nitrogens is 2. The van der Waals surface area contributed by atoms with Crippen LogP contribution in [0.2, 0.25) is 0 Å². The summed E-state index contributed by atoms with van der Waals surface area (Å²) in [7, 11) is 0. The number of hydrogen-bond donors (Lipinski definition) is 7. The highest BCUT2D eigenvalue weighted by Crippen LogP contribution is 2.46. The highest BCUT2D eigenvalue weighted by molar-refractivity contribution is 6.13. The van der Waals surface area contributed by atoms with Crippen LogP contribution in [0.3, 0.4) is 0 Å². The molecule has 24 heteroatoms. The molecule has 0 saturated heterocycles. The zero-order valence-corrected chi connectivity index (χ0v) is 45.6. The monoisotopic (exact) mass is 1110 g/mol. The van der Waals surface area contributed by atoms with E-state index >= 15 is 4.39 Å². The molecule has 8 amide bonds. The maximum absolute atomic E-state index is 15.4. The first-order chi connectivity index (χ1) is 37.8. The van der Waals surface area contributed by atoms with E-state index in [-0.39, 0.29) is 63.2 Å². The summed E-state index contributed by atoms with van der Waals surface area (Å²) in [5, 5.41) is 28.0. The number of aryl methyl sites for hydroxylation is 1. The van der Waals surface area contributed by atoms with Crippen molar-refractivity contribution in [3.8, 4) is 11.4 Å². The van der Waals surface area contributed by atoms with E-state index in [1.807, 2.05) is 0 Å². The number of halogens is 1. The van der Waals surface area contributed by atoms with E-state index in [1.165, 1.54) is 17.6 Å². The van der Waals surface area contributed by atoms with Crippen LogP contribution in [0.5, 0.6) is 0 Å². The molecule has 5 atom stereocenters. The number of imide groups is 1. The van der Waals surface area contributed by atoms with Gasteiger partial charge in [-0.2, -0.15) is 0 Å². The molecule has 2 aromatic heterocycles. The molecule has 5 heterocycles. The number of benzene rings is 2. The van der Waals surface area contributed by atoms with Crippen molar-refractivity contribution in [2.24, 2.45) is 5.92 Å². The summed E-state index contributed by atoms with van der Waals surface area (Å²) < 4.78 is 33.1. The van der Waals surface area contributed by atoms with Crippen molar-refractivity contribution in [3.05, 3.63) is 104 Å². The van der Waals surface area contributed by atoms with Crippen molar-refractivity contribution in [3.63, 3.8) is 0 Å². The van der Waals surface area contributed by atoms with Gasteiger partial charge >= 0.3 is 18.2 Å². The topological polar surface area (TPSA) is 312 Å². The Bertz CT molecular complexity index is 3310. The Balaban J connectivity index is 0.852. The number of ether oxygens (including phenoxy) is 3. The second-order valence-corrected chi connectivity index (χ2v) is 21.5. The first-order valence-corrected chi connectivity index (χ1v) is 26.3. The first-order valence-electron chi connectivity index (χ1n) is 26.3.